The maximum atomic E-state index is 9.12. The van der Waals surface area contributed by atoms with E-state index in [2.05, 4.69) is 26.9 Å². The summed E-state index contributed by atoms with van der Waals surface area (Å²) in [7, 11) is 1.99. The zero-order valence-corrected chi connectivity index (χ0v) is 12.1. The highest BCUT2D eigenvalue weighted by atomic mass is 79.9. The third-order valence-corrected chi connectivity index (χ3v) is 3.61. The number of benzene rings is 1. The summed E-state index contributed by atoms with van der Waals surface area (Å²) in [5, 5.41) is 9.12. The lowest BCUT2D eigenvalue weighted by Gasteiger charge is -2.20. The van der Waals surface area contributed by atoms with Gasteiger partial charge in [0.2, 0.25) is 0 Å². The van der Waals surface area contributed by atoms with Gasteiger partial charge in [-0.3, -0.25) is 0 Å². The molecule has 18 heavy (non-hydrogen) atoms. The van der Waals surface area contributed by atoms with Crippen LogP contribution in [0.25, 0.3) is 0 Å². The van der Waals surface area contributed by atoms with Crippen molar-refractivity contribution in [2.75, 3.05) is 31.7 Å². The molecule has 0 aromatic heterocycles. The van der Waals surface area contributed by atoms with Crippen molar-refractivity contribution < 1.29 is 4.74 Å². The molecule has 0 aliphatic heterocycles. The Balaban J connectivity index is 1.86. The van der Waals surface area contributed by atoms with E-state index in [1.54, 1.807) is 0 Å². The third-order valence-electron chi connectivity index (χ3n) is 3.11. The first-order chi connectivity index (χ1) is 8.70. The van der Waals surface area contributed by atoms with Crippen molar-refractivity contribution in [3.63, 3.8) is 0 Å². The van der Waals surface area contributed by atoms with Gasteiger partial charge in [-0.05, 0) is 37.0 Å². The highest BCUT2D eigenvalue weighted by Gasteiger charge is 2.21. The molecule has 0 heterocycles. The van der Waals surface area contributed by atoms with E-state index in [4.69, 9.17) is 10.00 Å². The lowest BCUT2D eigenvalue weighted by atomic mass is 10.2. The fourth-order valence-corrected chi connectivity index (χ4v) is 2.15. The van der Waals surface area contributed by atoms with E-state index in [9.17, 15) is 0 Å². The molecule has 0 atom stereocenters. The summed E-state index contributed by atoms with van der Waals surface area (Å²) in [6.07, 6.45) is 2.64. The number of nitrogens with zero attached hydrogens (tertiary/aromatic N) is 2. The van der Waals surface area contributed by atoms with Crippen LogP contribution in [-0.2, 0) is 4.74 Å². The SMILES string of the molecule is CN(CCOCC1CC1)c1ccc(Br)cc1C#N. The topological polar surface area (TPSA) is 36.3 Å². The molecule has 0 amide bonds. The maximum Gasteiger partial charge on any atom is 0.101 e. The van der Waals surface area contributed by atoms with Gasteiger partial charge in [-0.25, -0.2) is 0 Å². The lowest BCUT2D eigenvalue weighted by Crippen LogP contribution is -2.23. The number of likely N-dealkylation sites (N-methyl/N-ethyl adjacent to an activating group) is 1. The molecule has 0 bridgehead atoms. The third kappa shape index (κ3) is 3.72. The van der Waals surface area contributed by atoms with Crippen LogP contribution in [0.2, 0.25) is 0 Å². The molecule has 0 N–H and O–H groups in total. The molecule has 2 rings (SSSR count). The van der Waals surface area contributed by atoms with Crippen LogP contribution < -0.4 is 4.90 Å². The number of hydrogen-bond donors (Lipinski definition) is 0. The smallest absolute Gasteiger partial charge is 0.101 e. The Kier molecular flexibility index (Phi) is 4.62. The Morgan fingerprint density at radius 3 is 2.94 bits per heavy atom. The van der Waals surface area contributed by atoms with Crippen LogP contribution in [0.4, 0.5) is 5.69 Å². The van der Waals surface area contributed by atoms with E-state index in [1.165, 1.54) is 12.8 Å². The van der Waals surface area contributed by atoms with Gasteiger partial charge in [-0.15, -0.1) is 0 Å². The second-order valence-electron chi connectivity index (χ2n) is 4.71. The van der Waals surface area contributed by atoms with Gasteiger partial charge in [-0.1, -0.05) is 15.9 Å². The number of hydrogen-bond acceptors (Lipinski definition) is 3. The predicted molar refractivity (Wildman–Crippen MR) is 75.7 cm³/mol. The van der Waals surface area contributed by atoms with Gasteiger partial charge in [0.05, 0.1) is 17.9 Å². The molecule has 0 spiro atoms. The fourth-order valence-electron chi connectivity index (χ4n) is 1.79. The molecule has 4 heteroatoms. The molecule has 1 saturated carbocycles. The fraction of sp³-hybridized carbons (Fsp3) is 0.500. The predicted octanol–water partition coefficient (Wildman–Crippen LogP) is 3.18. The minimum absolute atomic E-state index is 0.689. The van der Waals surface area contributed by atoms with E-state index in [1.807, 2.05) is 25.2 Å². The molecule has 1 fully saturated rings. The lowest BCUT2D eigenvalue weighted by molar-refractivity contribution is 0.131. The summed E-state index contributed by atoms with van der Waals surface area (Å²) in [5.74, 6) is 0.803. The molecular formula is C14H17BrN2O. The van der Waals surface area contributed by atoms with Crippen molar-refractivity contribution in [2.45, 2.75) is 12.8 Å². The normalized spacial score (nSPS) is 14.3. The first kappa shape index (κ1) is 13.4. The van der Waals surface area contributed by atoms with Crippen LogP contribution >= 0.6 is 15.9 Å². The van der Waals surface area contributed by atoms with Crippen LogP contribution in [-0.4, -0.2) is 26.8 Å². The Hall–Kier alpha value is -1.05. The average Bonchev–Trinajstić information content (AvgIpc) is 3.18. The number of ether oxygens (including phenoxy) is 1. The van der Waals surface area contributed by atoms with Gasteiger partial charge < -0.3 is 9.64 Å². The molecule has 0 radical (unpaired) electrons. The van der Waals surface area contributed by atoms with Crippen LogP contribution in [0.3, 0.4) is 0 Å². The quantitative estimate of drug-likeness (QED) is 0.757. The second kappa shape index (κ2) is 6.21. The summed E-state index contributed by atoms with van der Waals surface area (Å²) in [5.41, 5.74) is 1.64. The summed E-state index contributed by atoms with van der Waals surface area (Å²) in [4.78, 5) is 2.07. The Labute approximate surface area is 116 Å². The van der Waals surface area contributed by atoms with Crippen LogP contribution in [0, 0.1) is 17.2 Å². The molecule has 0 unspecified atom stereocenters. The van der Waals surface area contributed by atoms with E-state index >= 15 is 0 Å². The largest absolute Gasteiger partial charge is 0.379 e. The van der Waals surface area contributed by atoms with Crippen molar-refractivity contribution in [1.29, 1.82) is 5.26 Å². The molecule has 1 aromatic carbocycles. The minimum atomic E-state index is 0.689. The molecule has 96 valence electrons. The van der Waals surface area contributed by atoms with E-state index in [0.717, 1.165) is 29.2 Å². The number of anilines is 1. The van der Waals surface area contributed by atoms with Gasteiger partial charge in [0, 0.05) is 24.7 Å². The highest BCUT2D eigenvalue weighted by Crippen LogP contribution is 2.28. The first-order valence-corrected chi connectivity index (χ1v) is 6.98. The standard InChI is InChI=1S/C14H17BrN2O/c1-17(6-7-18-10-11-2-3-11)14-5-4-13(15)8-12(14)9-16/h4-5,8,11H,2-3,6-7,10H2,1H3. The van der Waals surface area contributed by atoms with E-state index in [-0.39, 0.29) is 0 Å². The van der Waals surface area contributed by atoms with Crippen molar-refractivity contribution in [3.8, 4) is 6.07 Å². The average molecular weight is 309 g/mol. The van der Waals surface area contributed by atoms with Crippen molar-refractivity contribution in [2.24, 2.45) is 5.92 Å². The zero-order valence-electron chi connectivity index (χ0n) is 10.5. The zero-order chi connectivity index (χ0) is 13.0. The Morgan fingerprint density at radius 1 is 1.50 bits per heavy atom. The van der Waals surface area contributed by atoms with Gasteiger partial charge in [0.15, 0.2) is 0 Å². The first-order valence-electron chi connectivity index (χ1n) is 6.19. The summed E-state index contributed by atoms with van der Waals surface area (Å²) in [6, 6.07) is 7.99. The van der Waals surface area contributed by atoms with Crippen LogP contribution in [0.5, 0.6) is 0 Å². The van der Waals surface area contributed by atoms with Crippen molar-refractivity contribution >= 4 is 21.6 Å². The number of nitriles is 1. The van der Waals surface area contributed by atoms with Gasteiger partial charge in [0.25, 0.3) is 0 Å². The molecule has 1 aromatic rings. The van der Waals surface area contributed by atoms with E-state index in [0.29, 0.717) is 12.2 Å². The highest BCUT2D eigenvalue weighted by molar-refractivity contribution is 9.10. The van der Waals surface area contributed by atoms with Crippen molar-refractivity contribution in [3.05, 3.63) is 28.2 Å². The molecule has 3 nitrogen and oxygen atoms in total. The monoisotopic (exact) mass is 308 g/mol. The Bertz CT molecular complexity index is 452. The number of rotatable bonds is 6. The number of halogens is 1. The summed E-state index contributed by atoms with van der Waals surface area (Å²) >= 11 is 3.38. The molecular weight excluding hydrogens is 292 g/mol. The van der Waals surface area contributed by atoms with Gasteiger partial charge in [0.1, 0.15) is 6.07 Å². The summed E-state index contributed by atoms with van der Waals surface area (Å²) in [6.45, 7) is 2.41. The summed E-state index contributed by atoms with van der Waals surface area (Å²) < 4.78 is 6.54. The molecule has 1 aliphatic carbocycles. The molecule has 0 saturated heterocycles. The van der Waals surface area contributed by atoms with Crippen molar-refractivity contribution in [1.82, 2.24) is 0 Å². The second-order valence-corrected chi connectivity index (χ2v) is 5.63. The van der Waals surface area contributed by atoms with Crippen LogP contribution in [0.15, 0.2) is 22.7 Å². The Morgan fingerprint density at radius 2 is 2.28 bits per heavy atom. The van der Waals surface area contributed by atoms with Crippen LogP contribution in [0.1, 0.15) is 18.4 Å². The molecule has 1 aliphatic rings. The van der Waals surface area contributed by atoms with Gasteiger partial charge >= 0.3 is 0 Å². The van der Waals surface area contributed by atoms with E-state index < -0.39 is 0 Å². The van der Waals surface area contributed by atoms with Gasteiger partial charge in [-0.2, -0.15) is 5.26 Å². The minimum Gasteiger partial charge on any atom is -0.379 e. The maximum absolute atomic E-state index is 9.12.